The van der Waals surface area contributed by atoms with Gasteiger partial charge in [0.15, 0.2) is 0 Å². The zero-order valence-electron chi connectivity index (χ0n) is 15.4. The molecule has 26 heavy (non-hydrogen) atoms. The van der Waals surface area contributed by atoms with Crippen molar-refractivity contribution in [2.24, 2.45) is 5.92 Å². The average Bonchev–Trinajstić information content (AvgIpc) is 2.92. The lowest BCUT2D eigenvalue weighted by atomic mass is 9.82. The van der Waals surface area contributed by atoms with Crippen LogP contribution in [-0.2, 0) is 16.0 Å². The zero-order chi connectivity index (χ0) is 18.8. The van der Waals surface area contributed by atoms with Crippen LogP contribution in [0, 0.1) is 11.7 Å². The number of benzene rings is 2. The van der Waals surface area contributed by atoms with Gasteiger partial charge in [-0.1, -0.05) is 56.3 Å². The molecule has 2 aromatic carbocycles. The highest BCUT2D eigenvalue weighted by Crippen LogP contribution is 2.35. The summed E-state index contributed by atoms with van der Waals surface area (Å²) < 4.78 is 13.9. The fourth-order valence-corrected chi connectivity index (χ4v) is 3.65. The number of hydrogen-bond acceptors (Lipinski definition) is 2. The van der Waals surface area contributed by atoms with Crippen LogP contribution >= 0.6 is 0 Å². The summed E-state index contributed by atoms with van der Waals surface area (Å²) in [7, 11) is 1.72. The average molecular weight is 353 g/mol. The fourth-order valence-electron chi connectivity index (χ4n) is 3.65. The van der Waals surface area contributed by atoms with Gasteiger partial charge < -0.3 is 4.90 Å². The molecule has 0 spiro atoms. The van der Waals surface area contributed by atoms with Crippen molar-refractivity contribution in [3.63, 3.8) is 0 Å². The maximum absolute atomic E-state index is 13.9. The first-order chi connectivity index (χ1) is 12.4. The van der Waals surface area contributed by atoms with Gasteiger partial charge in [-0.15, -0.1) is 0 Å². The Morgan fingerprint density at radius 2 is 1.92 bits per heavy atom. The summed E-state index contributed by atoms with van der Waals surface area (Å²) in [5.74, 6) is -1.36. The van der Waals surface area contributed by atoms with Crippen molar-refractivity contribution in [2.45, 2.75) is 32.1 Å². The van der Waals surface area contributed by atoms with E-state index in [1.54, 1.807) is 30.1 Å². The molecule has 0 radical (unpaired) electrons. The van der Waals surface area contributed by atoms with Crippen molar-refractivity contribution in [1.82, 2.24) is 4.90 Å². The Hall–Kier alpha value is -2.49. The molecule has 0 aromatic heterocycles. The molecule has 1 aliphatic rings. The first-order valence-electron chi connectivity index (χ1n) is 8.99. The van der Waals surface area contributed by atoms with E-state index in [0.29, 0.717) is 18.0 Å². The van der Waals surface area contributed by atoms with Crippen molar-refractivity contribution in [3.8, 4) is 0 Å². The minimum atomic E-state index is -0.748. The molecule has 3 rings (SSSR count). The van der Waals surface area contributed by atoms with Crippen LogP contribution < -0.4 is 0 Å². The zero-order valence-corrected chi connectivity index (χ0v) is 15.4. The van der Waals surface area contributed by atoms with Crippen LogP contribution in [0.4, 0.5) is 4.39 Å². The van der Waals surface area contributed by atoms with E-state index >= 15 is 0 Å². The smallest absolute Gasteiger partial charge is 0.233 e. The Morgan fingerprint density at radius 3 is 2.62 bits per heavy atom. The highest BCUT2D eigenvalue weighted by molar-refractivity contribution is 6.04. The summed E-state index contributed by atoms with van der Waals surface area (Å²) in [4.78, 5) is 27.2. The van der Waals surface area contributed by atoms with Crippen molar-refractivity contribution in [1.29, 1.82) is 0 Å². The summed E-state index contributed by atoms with van der Waals surface area (Å²) in [6.45, 7) is 4.74. The number of likely N-dealkylation sites (tertiary alicyclic amines) is 1. The number of halogens is 1. The molecule has 2 aromatic rings. The molecule has 2 atom stereocenters. The maximum atomic E-state index is 13.9. The molecule has 4 heteroatoms. The highest BCUT2D eigenvalue weighted by Gasteiger charge is 2.43. The van der Waals surface area contributed by atoms with Crippen LogP contribution in [0.1, 0.15) is 42.4 Å². The van der Waals surface area contributed by atoms with Crippen molar-refractivity contribution in [2.75, 3.05) is 13.6 Å². The Morgan fingerprint density at radius 1 is 1.19 bits per heavy atom. The van der Waals surface area contributed by atoms with Crippen LogP contribution in [0.5, 0.6) is 0 Å². The summed E-state index contributed by atoms with van der Waals surface area (Å²) in [6.07, 6.45) is -0.0582. The van der Waals surface area contributed by atoms with Crippen LogP contribution in [0.2, 0.25) is 0 Å². The first kappa shape index (κ1) is 18.3. The molecule has 0 saturated carbocycles. The quantitative estimate of drug-likeness (QED) is 0.764. The summed E-state index contributed by atoms with van der Waals surface area (Å²) >= 11 is 0. The summed E-state index contributed by atoms with van der Waals surface area (Å²) in [6, 6.07) is 14.4. The van der Waals surface area contributed by atoms with Crippen molar-refractivity contribution < 1.29 is 14.0 Å². The van der Waals surface area contributed by atoms with E-state index in [0.717, 1.165) is 5.56 Å². The fraction of sp³-hybridized carbons (Fsp3) is 0.364. The Bertz CT molecular complexity index is 830. The van der Waals surface area contributed by atoms with E-state index in [9.17, 15) is 14.0 Å². The van der Waals surface area contributed by atoms with E-state index in [1.807, 2.05) is 12.1 Å². The largest absolute Gasteiger partial charge is 0.344 e. The van der Waals surface area contributed by atoms with Gasteiger partial charge in [-0.25, -0.2) is 4.39 Å². The molecule has 1 fully saturated rings. The van der Waals surface area contributed by atoms with Gasteiger partial charge in [0.1, 0.15) is 17.5 Å². The first-order valence-corrected chi connectivity index (χ1v) is 8.99. The minimum Gasteiger partial charge on any atom is -0.344 e. The van der Waals surface area contributed by atoms with E-state index in [2.05, 4.69) is 26.0 Å². The molecule has 0 unspecified atom stereocenters. The van der Waals surface area contributed by atoms with E-state index in [-0.39, 0.29) is 24.0 Å². The van der Waals surface area contributed by atoms with Crippen molar-refractivity contribution in [3.05, 3.63) is 71.0 Å². The van der Waals surface area contributed by atoms with Gasteiger partial charge in [0.05, 0.1) is 0 Å². The van der Waals surface area contributed by atoms with Gasteiger partial charge in [-0.3, -0.25) is 9.59 Å². The van der Waals surface area contributed by atoms with E-state index < -0.39 is 11.7 Å². The predicted octanol–water partition coefficient (Wildman–Crippen LogP) is 3.93. The number of Topliss-reactive ketones (excluding diaryl/α,β-unsaturated/α-hetero) is 1. The third-order valence-electron chi connectivity index (χ3n) is 5.19. The lowest BCUT2D eigenvalue weighted by Gasteiger charge is -2.18. The molecular formula is C22H24FNO2. The van der Waals surface area contributed by atoms with E-state index in [4.69, 9.17) is 0 Å². The van der Waals surface area contributed by atoms with Crippen molar-refractivity contribution >= 4 is 11.7 Å². The second kappa shape index (κ2) is 7.40. The molecule has 1 saturated heterocycles. The number of nitrogens with zero attached hydrogens (tertiary/aromatic N) is 1. The molecule has 1 amide bonds. The number of likely N-dealkylation sites (N-methyl/N-ethyl adjacent to an activating group) is 1. The number of carbonyl (C=O) groups excluding carboxylic acids is 2. The normalized spacial score (nSPS) is 20.0. The molecule has 136 valence electrons. The molecular weight excluding hydrogens is 329 g/mol. The Labute approximate surface area is 153 Å². The van der Waals surface area contributed by atoms with Gasteiger partial charge in [-0.05, 0) is 28.7 Å². The molecule has 0 aliphatic carbocycles. The second-order valence-corrected chi connectivity index (χ2v) is 7.36. The Balaban J connectivity index is 1.90. The van der Waals surface area contributed by atoms with Crippen LogP contribution in [0.25, 0.3) is 0 Å². The predicted molar refractivity (Wildman–Crippen MR) is 99.5 cm³/mol. The monoisotopic (exact) mass is 353 g/mol. The second-order valence-electron chi connectivity index (χ2n) is 7.36. The van der Waals surface area contributed by atoms with Crippen LogP contribution in [-0.4, -0.2) is 30.2 Å². The number of rotatable bonds is 5. The summed E-state index contributed by atoms with van der Waals surface area (Å²) in [5, 5.41) is 0. The number of amides is 1. The van der Waals surface area contributed by atoms with Gasteiger partial charge in [-0.2, -0.15) is 0 Å². The molecule has 0 N–H and O–H groups in total. The Kier molecular flexibility index (Phi) is 5.21. The third-order valence-corrected chi connectivity index (χ3v) is 5.19. The SMILES string of the molecule is CC(C)c1cccc([C@H]2CN(C)C(=O)[C@@H]2C(=O)Cc2ccccc2F)c1. The number of carbonyl (C=O) groups is 2. The molecule has 3 nitrogen and oxygen atoms in total. The van der Waals surface area contributed by atoms with E-state index in [1.165, 1.54) is 11.6 Å². The summed E-state index contributed by atoms with van der Waals surface area (Å²) in [5.41, 5.74) is 2.53. The minimum absolute atomic E-state index is 0.0582. The lowest BCUT2D eigenvalue weighted by molar-refractivity contribution is -0.136. The molecule has 0 bridgehead atoms. The van der Waals surface area contributed by atoms with Crippen LogP contribution in [0.3, 0.4) is 0 Å². The highest BCUT2D eigenvalue weighted by atomic mass is 19.1. The molecule has 1 aliphatic heterocycles. The van der Waals surface area contributed by atoms with Crippen LogP contribution in [0.15, 0.2) is 48.5 Å². The topological polar surface area (TPSA) is 37.4 Å². The lowest BCUT2D eigenvalue weighted by Crippen LogP contribution is -2.29. The third kappa shape index (κ3) is 3.55. The standard InChI is InChI=1S/C22H24FNO2/c1-14(2)15-8-6-9-16(11-15)18-13-24(3)22(26)21(18)20(25)12-17-7-4-5-10-19(17)23/h4-11,14,18,21H,12-13H2,1-3H3/t18-,21+/m1/s1. The number of ketones is 1. The maximum Gasteiger partial charge on any atom is 0.233 e. The molecule has 1 heterocycles. The van der Waals surface area contributed by atoms with Gasteiger partial charge in [0.25, 0.3) is 0 Å². The van der Waals surface area contributed by atoms with Gasteiger partial charge >= 0.3 is 0 Å². The van der Waals surface area contributed by atoms with Gasteiger partial charge in [0.2, 0.25) is 5.91 Å². The number of hydrogen-bond donors (Lipinski definition) is 0. The van der Waals surface area contributed by atoms with Gasteiger partial charge in [0, 0.05) is 25.9 Å².